The van der Waals surface area contributed by atoms with Crippen LogP contribution < -0.4 is 16.6 Å². The zero-order chi connectivity index (χ0) is 20.4. The number of halogens is 2. The summed E-state index contributed by atoms with van der Waals surface area (Å²) in [7, 11) is 0. The summed E-state index contributed by atoms with van der Waals surface area (Å²) in [6.07, 6.45) is 0.914. The quantitative estimate of drug-likeness (QED) is 0.707. The van der Waals surface area contributed by atoms with E-state index in [1.54, 1.807) is 24.3 Å². The van der Waals surface area contributed by atoms with Crippen molar-refractivity contribution in [1.82, 2.24) is 4.57 Å². The van der Waals surface area contributed by atoms with Crippen LogP contribution in [0.2, 0.25) is 0 Å². The number of nitrogens with one attached hydrogen (secondary N) is 1. The third-order valence-corrected chi connectivity index (χ3v) is 4.47. The monoisotopic (exact) mass is 385 g/mol. The van der Waals surface area contributed by atoms with E-state index < -0.39 is 41.5 Å². The number of benzene rings is 2. The molecular weight excluding hydrogens is 368 g/mol. The first kappa shape index (κ1) is 19.2. The molecule has 0 saturated carbocycles. The number of primary amides is 1. The summed E-state index contributed by atoms with van der Waals surface area (Å²) >= 11 is 0. The number of carbonyl (C=O) groups excluding carboxylic acids is 2. The SMILES string of the molecule is CC(C(N)=O)n1ccc2c(NC(=O)Cc3c(F)cccc3F)cccc2c1=O. The normalized spacial score (nSPS) is 12.0. The van der Waals surface area contributed by atoms with Gasteiger partial charge in [0.25, 0.3) is 5.56 Å². The van der Waals surface area contributed by atoms with Gasteiger partial charge in [0.05, 0.1) is 6.42 Å². The highest BCUT2D eigenvalue weighted by Gasteiger charge is 2.17. The van der Waals surface area contributed by atoms with Crippen LogP contribution in [0.5, 0.6) is 0 Å². The van der Waals surface area contributed by atoms with Gasteiger partial charge in [0.15, 0.2) is 0 Å². The Balaban J connectivity index is 1.94. The van der Waals surface area contributed by atoms with Gasteiger partial charge in [-0.05, 0) is 37.3 Å². The van der Waals surface area contributed by atoms with Crippen molar-refractivity contribution in [2.75, 3.05) is 5.32 Å². The van der Waals surface area contributed by atoms with Crippen molar-refractivity contribution in [3.63, 3.8) is 0 Å². The topological polar surface area (TPSA) is 94.2 Å². The second-order valence-electron chi connectivity index (χ2n) is 6.30. The predicted molar refractivity (Wildman–Crippen MR) is 101 cm³/mol. The van der Waals surface area contributed by atoms with Crippen LogP contribution in [0.15, 0.2) is 53.5 Å². The second kappa shape index (κ2) is 7.59. The van der Waals surface area contributed by atoms with Crippen LogP contribution in [0.3, 0.4) is 0 Å². The number of pyridine rings is 1. The number of aromatic nitrogens is 1. The number of amides is 2. The Morgan fingerprint density at radius 3 is 2.36 bits per heavy atom. The van der Waals surface area contributed by atoms with Crippen molar-refractivity contribution in [2.45, 2.75) is 19.4 Å². The van der Waals surface area contributed by atoms with Gasteiger partial charge >= 0.3 is 0 Å². The molecule has 0 spiro atoms. The van der Waals surface area contributed by atoms with Crippen LogP contribution in [0, 0.1) is 11.6 Å². The van der Waals surface area contributed by atoms with Crippen molar-refractivity contribution in [3.05, 3.63) is 76.2 Å². The van der Waals surface area contributed by atoms with E-state index in [2.05, 4.69) is 5.32 Å². The van der Waals surface area contributed by atoms with Crippen molar-refractivity contribution in [3.8, 4) is 0 Å². The number of fused-ring (bicyclic) bond motifs is 1. The number of nitrogens with two attached hydrogens (primary N) is 1. The predicted octanol–water partition coefficient (Wildman–Crippen LogP) is 2.51. The zero-order valence-electron chi connectivity index (χ0n) is 14.9. The van der Waals surface area contributed by atoms with E-state index in [0.29, 0.717) is 11.1 Å². The molecule has 1 aromatic heterocycles. The smallest absolute Gasteiger partial charge is 0.259 e. The molecule has 3 rings (SSSR count). The van der Waals surface area contributed by atoms with Gasteiger partial charge in [-0.25, -0.2) is 8.78 Å². The average Bonchev–Trinajstić information content (AvgIpc) is 2.65. The highest BCUT2D eigenvalue weighted by Crippen LogP contribution is 2.22. The molecule has 1 unspecified atom stereocenters. The molecule has 0 aliphatic rings. The minimum absolute atomic E-state index is 0.269. The van der Waals surface area contributed by atoms with E-state index in [0.717, 1.165) is 12.1 Å². The molecule has 0 aliphatic heterocycles. The van der Waals surface area contributed by atoms with Gasteiger partial charge in [-0.3, -0.25) is 14.4 Å². The van der Waals surface area contributed by atoms with E-state index in [1.807, 2.05) is 0 Å². The average molecular weight is 385 g/mol. The van der Waals surface area contributed by atoms with Gasteiger partial charge < -0.3 is 15.6 Å². The lowest BCUT2D eigenvalue weighted by atomic mass is 10.1. The van der Waals surface area contributed by atoms with Gasteiger partial charge in [0, 0.05) is 28.2 Å². The Hall–Kier alpha value is -3.55. The second-order valence-corrected chi connectivity index (χ2v) is 6.30. The van der Waals surface area contributed by atoms with E-state index in [4.69, 9.17) is 5.73 Å². The highest BCUT2D eigenvalue weighted by atomic mass is 19.1. The van der Waals surface area contributed by atoms with Crippen LogP contribution in [-0.2, 0) is 16.0 Å². The fraction of sp³-hybridized carbons (Fsp3) is 0.150. The fourth-order valence-electron chi connectivity index (χ4n) is 2.90. The maximum Gasteiger partial charge on any atom is 0.259 e. The summed E-state index contributed by atoms with van der Waals surface area (Å²) in [6.45, 7) is 1.50. The summed E-state index contributed by atoms with van der Waals surface area (Å²) in [4.78, 5) is 36.3. The Morgan fingerprint density at radius 2 is 1.71 bits per heavy atom. The standard InChI is InChI=1S/C20H17F2N3O3/c1-11(19(23)27)25-9-8-12-13(20(25)28)4-2-7-17(12)24-18(26)10-14-15(21)5-3-6-16(14)22/h2-9,11H,10H2,1H3,(H2,23,27)(H,24,26). The molecule has 3 aromatic rings. The third kappa shape index (κ3) is 3.62. The van der Waals surface area contributed by atoms with Crippen LogP contribution in [0.4, 0.5) is 14.5 Å². The first-order valence-electron chi connectivity index (χ1n) is 8.45. The minimum atomic E-state index is -0.834. The van der Waals surface area contributed by atoms with E-state index >= 15 is 0 Å². The van der Waals surface area contributed by atoms with Crippen molar-refractivity contribution in [1.29, 1.82) is 0 Å². The molecular formula is C20H17F2N3O3. The molecule has 0 aliphatic carbocycles. The molecule has 0 saturated heterocycles. The third-order valence-electron chi connectivity index (χ3n) is 4.47. The Bertz CT molecular complexity index is 1120. The number of nitrogens with zero attached hydrogens (tertiary/aromatic N) is 1. The van der Waals surface area contributed by atoms with E-state index in [1.165, 1.54) is 23.8 Å². The van der Waals surface area contributed by atoms with Crippen molar-refractivity contribution >= 4 is 28.3 Å². The van der Waals surface area contributed by atoms with Gasteiger partial charge in [0.2, 0.25) is 11.8 Å². The number of anilines is 1. The summed E-state index contributed by atoms with van der Waals surface area (Å²) in [5.74, 6) is -2.91. The molecule has 3 N–H and O–H groups in total. The number of rotatable bonds is 5. The fourth-order valence-corrected chi connectivity index (χ4v) is 2.90. The molecule has 1 heterocycles. The maximum absolute atomic E-state index is 13.7. The number of hydrogen-bond donors (Lipinski definition) is 2. The van der Waals surface area contributed by atoms with Crippen molar-refractivity contribution in [2.24, 2.45) is 5.73 Å². The molecule has 2 aromatic carbocycles. The molecule has 144 valence electrons. The molecule has 1 atom stereocenters. The molecule has 0 bridgehead atoms. The summed E-state index contributed by atoms with van der Waals surface area (Å²) in [5.41, 5.74) is 4.79. The Kier molecular flexibility index (Phi) is 5.21. The lowest BCUT2D eigenvalue weighted by Crippen LogP contribution is -2.31. The molecule has 28 heavy (non-hydrogen) atoms. The highest BCUT2D eigenvalue weighted by molar-refractivity contribution is 6.02. The number of hydrogen-bond acceptors (Lipinski definition) is 3. The van der Waals surface area contributed by atoms with Gasteiger partial charge in [-0.1, -0.05) is 12.1 Å². The Labute approximate surface area is 158 Å². The van der Waals surface area contributed by atoms with Gasteiger partial charge in [0.1, 0.15) is 17.7 Å². The summed E-state index contributed by atoms with van der Waals surface area (Å²) in [6, 6.07) is 8.77. The molecule has 0 radical (unpaired) electrons. The molecule has 6 nitrogen and oxygen atoms in total. The molecule has 2 amide bonds. The number of carbonyl (C=O) groups is 2. The lowest BCUT2D eigenvalue weighted by Gasteiger charge is -2.14. The summed E-state index contributed by atoms with van der Waals surface area (Å²) in [5, 5.41) is 3.28. The van der Waals surface area contributed by atoms with Crippen LogP contribution >= 0.6 is 0 Å². The van der Waals surface area contributed by atoms with E-state index in [9.17, 15) is 23.2 Å². The first-order chi connectivity index (χ1) is 13.3. The van der Waals surface area contributed by atoms with Gasteiger partial charge in [-0.15, -0.1) is 0 Å². The molecule has 8 heteroatoms. The van der Waals surface area contributed by atoms with Crippen LogP contribution in [0.25, 0.3) is 10.8 Å². The first-order valence-corrected chi connectivity index (χ1v) is 8.45. The van der Waals surface area contributed by atoms with Crippen LogP contribution in [-0.4, -0.2) is 16.4 Å². The molecule has 0 fully saturated rings. The summed E-state index contributed by atoms with van der Waals surface area (Å²) < 4.78 is 28.7. The zero-order valence-corrected chi connectivity index (χ0v) is 14.9. The van der Waals surface area contributed by atoms with Crippen LogP contribution in [0.1, 0.15) is 18.5 Å². The van der Waals surface area contributed by atoms with Crippen molar-refractivity contribution < 1.29 is 18.4 Å². The van der Waals surface area contributed by atoms with E-state index in [-0.39, 0.29) is 10.9 Å². The minimum Gasteiger partial charge on any atom is -0.368 e. The maximum atomic E-state index is 13.7. The lowest BCUT2D eigenvalue weighted by molar-refractivity contribution is -0.120. The van der Waals surface area contributed by atoms with Gasteiger partial charge in [-0.2, -0.15) is 0 Å². The largest absolute Gasteiger partial charge is 0.368 e. The Morgan fingerprint density at radius 1 is 1.07 bits per heavy atom.